The lowest BCUT2D eigenvalue weighted by molar-refractivity contribution is 0.0503. The summed E-state index contributed by atoms with van der Waals surface area (Å²) in [5, 5.41) is 54.3. The maximum absolute atomic E-state index is 11.3. The van der Waals surface area contributed by atoms with Gasteiger partial charge in [0.15, 0.2) is 34.5 Å². The number of ether oxygens (including phenoxy) is 2. The van der Waals surface area contributed by atoms with Gasteiger partial charge in [-0.05, 0) is 30.7 Å². The van der Waals surface area contributed by atoms with Crippen LogP contribution in [0.2, 0.25) is 0 Å². The van der Waals surface area contributed by atoms with E-state index in [1.807, 2.05) is 6.92 Å². The molecule has 0 unspecified atom stereocenters. The summed E-state index contributed by atoms with van der Waals surface area (Å²) in [6, 6.07) is 4.07. The van der Waals surface area contributed by atoms with Crippen molar-refractivity contribution in [1.29, 1.82) is 0 Å². The summed E-state index contributed by atoms with van der Waals surface area (Å²) in [5.41, 5.74) is -0.0356. The van der Waals surface area contributed by atoms with Crippen molar-refractivity contribution in [2.45, 2.75) is 13.3 Å². The molecule has 2 rings (SSSR count). The molecule has 0 fully saturated rings. The molecule has 0 saturated heterocycles. The molecule has 2 aromatic carbocycles. The van der Waals surface area contributed by atoms with Crippen LogP contribution < -0.4 is 0 Å². The summed E-state index contributed by atoms with van der Waals surface area (Å²) in [7, 11) is 1.17. The number of hydrogen-bond donors (Lipinski definition) is 6. The summed E-state index contributed by atoms with van der Waals surface area (Å²) in [4.78, 5) is 22.2. The number of hydrogen-bond acceptors (Lipinski definition) is 10. The van der Waals surface area contributed by atoms with Gasteiger partial charge >= 0.3 is 11.9 Å². The highest BCUT2D eigenvalue weighted by Gasteiger charge is 2.14. The predicted molar refractivity (Wildman–Crippen MR) is 98.4 cm³/mol. The number of phenols is 6. The van der Waals surface area contributed by atoms with Gasteiger partial charge in [0.25, 0.3) is 0 Å². The van der Waals surface area contributed by atoms with Crippen molar-refractivity contribution in [1.82, 2.24) is 0 Å². The third-order valence-electron chi connectivity index (χ3n) is 3.23. The average Bonchev–Trinajstić information content (AvgIpc) is 2.67. The second-order valence-corrected chi connectivity index (χ2v) is 5.35. The molecule has 0 spiro atoms. The van der Waals surface area contributed by atoms with Gasteiger partial charge in [0.05, 0.1) is 24.8 Å². The number of carbonyl (C=O) groups is 2. The summed E-state index contributed by atoms with van der Waals surface area (Å²) < 4.78 is 9.13. The third-order valence-corrected chi connectivity index (χ3v) is 3.23. The van der Waals surface area contributed by atoms with Crippen LogP contribution in [0.25, 0.3) is 0 Å². The van der Waals surface area contributed by atoms with Gasteiger partial charge in [-0.3, -0.25) is 0 Å². The predicted octanol–water partition coefficient (Wildman–Crippen LogP) is 1.14. The first kappa shape index (κ1) is 25.1. The lowest BCUT2D eigenvalue weighted by Crippen LogP contribution is -2.05. The van der Waals surface area contributed by atoms with Gasteiger partial charge in [0, 0.05) is 0 Å². The Labute approximate surface area is 164 Å². The fraction of sp³-hybridized carbons (Fsp3) is 0.222. The Morgan fingerprint density at radius 1 is 0.759 bits per heavy atom. The number of methoxy groups -OCH3 is 1. The van der Waals surface area contributed by atoms with Crippen LogP contribution in [0.1, 0.15) is 34.1 Å². The van der Waals surface area contributed by atoms with Crippen molar-refractivity contribution < 1.29 is 55.2 Å². The Bertz CT molecular complexity index is 815. The lowest BCUT2D eigenvalue weighted by atomic mass is 10.2. The van der Waals surface area contributed by atoms with E-state index in [0.29, 0.717) is 6.42 Å². The zero-order valence-corrected chi connectivity index (χ0v) is 15.5. The third kappa shape index (κ3) is 6.66. The molecular formula is C18H22O11. The maximum Gasteiger partial charge on any atom is 0.338 e. The summed E-state index contributed by atoms with van der Waals surface area (Å²) in [6.07, 6.45) is 0.682. The molecule has 0 radical (unpaired) electrons. The first-order valence-electron chi connectivity index (χ1n) is 7.87. The molecule has 11 nitrogen and oxygen atoms in total. The fourth-order valence-electron chi connectivity index (χ4n) is 1.84. The molecule has 0 aliphatic carbocycles. The minimum atomic E-state index is -0.703. The van der Waals surface area contributed by atoms with Gasteiger partial charge in [0.1, 0.15) is 0 Å². The Morgan fingerprint density at radius 3 is 1.41 bits per heavy atom. The first-order chi connectivity index (χ1) is 13.1. The second kappa shape index (κ2) is 11.1. The molecule has 0 aliphatic heterocycles. The highest BCUT2D eigenvalue weighted by atomic mass is 16.5. The largest absolute Gasteiger partial charge is 0.504 e. The van der Waals surface area contributed by atoms with Gasteiger partial charge in [-0.15, -0.1) is 0 Å². The van der Waals surface area contributed by atoms with Crippen molar-refractivity contribution in [3.8, 4) is 34.5 Å². The molecule has 0 amide bonds. The Hall–Kier alpha value is -3.86. The normalized spacial score (nSPS) is 9.45. The smallest absolute Gasteiger partial charge is 0.338 e. The van der Waals surface area contributed by atoms with E-state index in [4.69, 9.17) is 35.4 Å². The van der Waals surface area contributed by atoms with E-state index >= 15 is 0 Å². The molecule has 2 aromatic rings. The van der Waals surface area contributed by atoms with Crippen molar-refractivity contribution >= 4 is 11.9 Å². The molecule has 0 bridgehead atoms. The summed E-state index contributed by atoms with van der Waals surface area (Å²) in [6.45, 7) is 2.11. The molecule has 0 aliphatic rings. The number of rotatable bonds is 4. The Kier molecular flexibility index (Phi) is 9.61. The average molecular weight is 414 g/mol. The van der Waals surface area contributed by atoms with Crippen molar-refractivity contribution in [3.05, 3.63) is 35.4 Å². The topological polar surface area (TPSA) is 205 Å². The van der Waals surface area contributed by atoms with Gasteiger partial charge in [-0.1, -0.05) is 6.92 Å². The SMILES string of the molecule is CCCOC(=O)c1cc(O)c(O)c(O)c1.COC(=O)c1cc(O)c(O)c(O)c1.O. The van der Waals surface area contributed by atoms with E-state index in [2.05, 4.69) is 4.74 Å². The van der Waals surface area contributed by atoms with Crippen LogP contribution in [-0.4, -0.2) is 61.8 Å². The molecule has 160 valence electrons. The molecule has 8 N–H and O–H groups in total. The molecule has 0 heterocycles. The van der Waals surface area contributed by atoms with Gasteiger partial charge < -0.3 is 45.6 Å². The zero-order valence-electron chi connectivity index (χ0n) is 15.5. The number of carbonyl (C=O) groups excluding carboxylic acids is 2. The van der Waals surface area contributed by atoms with Crippen LogP contribution in [-0.2, 0) is 9.47 Å². The summed E-state index contributed by atoms with van der Waals surface area (Å²) >= 11 is 0. The Morgan fingerprint density at radius 2 is 1.10 bits per heavy atom. The molecule has 0 aromatic heterocycles. The summed E-state index contributed by atoms with van der Waals surface area (Å²) in [5.74, 6) is -4.92. The minimum absolute atomic E-state index is 0. The fourth-order valence-corrected chi connectivity index (χ4v) is 1.84. The van der Waals surface area contributed by atoms with Crippen LogP contribution in [0, 0.1) is 0 Å². The minimum Gasteiger partial charge on any atom is -0.504 e. The van der Waals surface area contributed by atoms with Gasteiger partial charge in [-0.2, -0.15) is 0 Å². The maximum atomic E-state index is 11.3. The van der Waals surface area contributed by atoms with E-state index in [-0.39, 0.29) is 23.2 Å². The number of benzene rings is 2. The highest BCUT2D eigenvalue weighted by molar-refractivity contribution is 5.91. The lowest BCUT2D eigenvalue weighted by Gasteiger charge is -2.05. The monoisotopic (exact) mass is 414 g/mol. The Balaban J connectivity index is 0.000000527. The second-order valence-electron chi connectivity index (χ2n) is 5.35. The molecule has 0 saturated carbocycles. The number of aromatic hydroxyl groups is 6. The zero-order chi connectivity index (χ0) is 21.4. The quantitative estimate of drug-likeness (QED) is 0.310. The van der Waals surface area contributed by atoms with E-state index in [9.17, 15) is 9.59 Å². The standard InChI is InChI=1S/C10H12O5.C8H8O5.H2O/c1-2-3-15-10(14)6-4-7(11)9(13)8(12)5-6;1-13-8(12)4-2-5(9)7(11)6(10)3-4;/h4-5,11-13H,2-3H2,1H3;2-3,9-11H,1H3;1H2. The van der Waals surface area contributed by atoms with Crippen molar-refractivity contribution in [3.63, 3.8) is 0 Å². The number of phenolic OH excluding ortho intramolecular Hbond substituents is 6. The van der Waals surface area contributed by atoms with Crippen molar-refractivity contribution in [2.24, 2.45) is 0 Å². The first-order valence-corrected chi connectivity index (χ1v) is 7.87. The molecule has 29 heavy (non-hydrogen) atoms. The van der Waals surface area contributed by atoms with Crippen LogP contribution in [0.15, 0.2) is 24.3 Å². The van der Waals surface area contributed by atoms with E-state index < -0.39 is 46.4 Å². The van der Waals surface area contributed by atoms with Crippen LogP contribution in [0.5, 0.6) is 34.5 Å². The van der Waals surface area contributed by atoms with E-state index in [0.717, 1.165) is 24.3 Å². The van der Waals surface area contributed by atoms with Crippen LogP contribution in [0.3, 0.4) is 0 Å². The van der Waals surface area contributed by atoms with Crippen LogP contribution >= 0.6 is 0 Å². The molecular weight excluding hydrogens is 392 g/mol. The van der Waals surface area contributed by atoms with Gasteiger partial charge in [-0.25, -0.2) is 9.59 Å². The number of esters is 2. The van der Waals surface area contributed by atoms with Gasteiger partial charge in [0.2, 0.25) is 0 Å². The van der Waals surface area contributed by atoms with E-state index in [1.54, 1.807) is 0 Å². The molecule has 11 heteroatoms. The highest BCUT2D eigenvalue weighted by Crippen LogP contribution is 2.36. The van der Waals surface area contributed by atoms with Crippen molar-refractivity contribution in [2.75, 3.05) is 13.7 Å². The van der Waals surface area contributed by atoms with E-state index in [1.165, 1.54) is 7.11 Å². The van der Waals surface area contributed by atoms with Crippen LogP contribution in [0.4, 0.5) is 0 Å². The molecule has 0 atom stereocenters.